The maximum Gasteiger partial charge on any atom is 0.524 e. The van der Waals surface area contributed by atoms with Crippen molar-refractivity contribution in [3.63, 3.8) is 0 Å². The first-order chi connectivity index (χ1) is 20.7. The molecule has 0 aliphatic carbocycles. The van der Waals surface area contributed by atoms with Gasteiger partial charge in [0.05, 0.1) is 0 Å². The Balaban J connectivity index is 2.18. The zero-order valence-electron chi connectivity index (χ0n) is 25.5. The molecular weight excluding hydrogens is 637 g/mol. The molecule has 3 aromatic rings. The molecule has 246 valence electrons. The molecule has 0 aliphatic rings. The van der Waals surface area contributed by atoms with Crippen molar-refractivity contribution in [2.24, 2.45) is 0 Å². The monoisotopic (exact) mass is 672 g/mol. The molecule has 0 spiro atoms. The second-order valence-corrected chi connectivity index (χ2v) is 16.0. The van der Waals surface area contributed by atoms with Crippen LogP contribution in [0.1, 0.15) is 41.5 Å². The number of carbonyl (C=O) groups excluding carboxylic acids is 2. The highest BCUT2D eigenvalue weighted by molar-refractivity contribution is 8.33. The molecule has 0 fully saturated rings. The van der Waals surface area contributed by atoms with Crippen molar-refractivity contribution >= 4 is 32.4 Å². The standard InChI is InChI=1S/C31H35F3O9S2/c1-29(2,3)41-27(35)20-39-22-12-10-16-25(18-22)44(24-14-8-7-9-15-24,43-45(37,38)31(32,33)34)26-17-11-13-23(19-26)40-21-28(36)42-30(4,5)6/h7-19H,20-21H2,1-6H3. The zero-order valence-corrected chi connectivity index (χ0v) is 27.2. The molecule has 0 radical (unpaired) electrons. The quantitative estimate of drug-likeness (QED) is 0.154. The van der Waals surface area contributed by atoms with E-state index in [0.29, 0.717) is 0 Å². The molecule has 3 aromatic carbocycles. The molecule has 0 bridgehead atoms. The third-order valence-corrected chi connectivity index (χ3v) is 10.3. The van der Waals surface area contributed by atoms with Crippen molar-refractivity contribution in [3.8, 4) is 11.5 Å². The van der Waals surface area contributed by atoms with E-state index < -0.39 is 62.3 Å². The lowest BCUT2D eigenvalue weighted by molar-refractivity contribution is -0.158. The van der Waals surface area contributed by atoms with Crippen LogP contribution in [0.4, 0.5) is 13.2 Å². The molecule has 0 N–H and O–H groups in total. The summed E-state index contributed by atoms with van der Waals surface area (Å²) in [4.78, 5) is 24.6. The van der Waals surface area contributed by atoms with Gasteiger partial charge < -0.3 is 18.9 Å². The minimum absolute atomic E-state index is 0.00694. The fraction of sp³-hybridized carbons (Fsp3) is 0.355. The highest BCUT2D eigenvalue weighted by Crippen LogP contribution is 2.71. The zero-order chi connectivity index (χ0) is 33.7. The van der Waals surface area contributed by atoms with E-state index in [1.165, 1.54) is 72.8 Å². The SMILES string of the molecule is CC(C)(C)OC(=O)COc1cccc(S(OS(=O)(=O)C(F)(F)F)(c2ccccc2)c2cccc(OCC(=O)OC(C)(C)C)c2)c1. The smallest absolute Gasteiger partial charge is 0.482 e. The van der Waals surface area contributed by atoms with E-state index in [1.807, 2.05) is 0 Å². The maximum absolute atomic E-state index is 13.9. The fourth-order valence-corrected chi connectivity index (χ4v) is 8.61. The summed E-state index contributed by atoms with van der Waals surface area (Å²) in [6, 6.07) is 18.6. The predicted molar refractivity (Wildman–Crippen MR) is 160 cm³/mol. The lowest BCUT2D eigenvalue weighted by Gasteiger charge is -2.39. The van der Waals surface area contributed by atoms with Gasteiger partial charge in [0, 0.05) is 14.7 Å². The number of halogens is 3. The van der Waals surface area contributed by atoms with Crippen molar-refractivity contribution in [2.75, 3.05) is 13.2 Å². The third kappa shape index (κ3) is 9.87. The number of ether oxygens (including phenoxy) is 4. The lowest BCUT2D eigenvalue weighted by Crippen LogP contribution is -2.28. The number of benzene rings is 3. The van der Waals surface area contributed by atoms with Crippen molar-refractivity contribution in [3.05, 3.63) is 78.9 Å². The molecule has 0 heterocycles. The van der Waals surface area contributed by atoms with Gasteiger partial charge in [0.15, 0.2) is 13.2 Å². The van der Waals surface area contributed by atoms with Crippen LogP contribution in [-0.2, 0) is 32.8 Å². The van der Waals surface area contributed by atoms with E-state index >= 15 is 0 Å². The summed E-state index contributed by atoms with van der Waals surface area (Å²) in [6.45, 7) is 8.99. The topological polar surface area (TPSA) is 114 Å². The van der Waals surface area contributed by atoms with E-state index in [-0.39, 0.29) is 26.2 Å². The number of hydrogen-bond acceptors (Lipinski definition) is 9. The first-order valence-electron chi connectivity index (χ1n) is 13.5. The molecule has 3 rings (SSSR count). The van der Waals surface area contributed by atoms with Crippen LogP contribution in [0.3, 0.4) is 0 Å². The second-order valence-electron chi connectivity index (χ2n) is 11.5. The summed E-state index contributed by atoms with van der Waals surface area (Å²) in [7, 11) is -9.96. The number of rotatable bonds is 11. The van der Waals surface area contributed by atoms with Crippen LogP contribution in [0.5, 0.6) is 11.5 Å². The number of esters is 2. The summed E-state index contributed by atoms with van der Waals surface area (Å²) in [5.74, 6) is -1.31. The largest absolute Gasteiger partial charge is 0.524 e. The Morgan fingerprint density at radius 2 is 1.02 bits per heavy atom. The van der Waals surface area contributed by atoms with E-state index in [9.17, 15) is 31.2 Å². The van der Waals surface area contributed by atoms with Crippen molar-refractivity contribution in [1.29, 1.82) is 0 Å². The van der Waals surface area contributed by atoms with Crippen LogP contribution < -0.4 is 9.47 Å². The molecule has 0 saturated carbocycles. The number of hydrogen-bond donors (Lipinski definition) is 0. The summed E-state index contributed by atoms with van der Waals surface area (Å²) in [5, 5.41) is 0. The van der Waals surface area contributed by atoms with Gasteiger partial charge in [-0.05, 0) is 100 Å². The van der Waals surface area contributed by atoms with Gasteiger partial charge in [-0.25, -0.2) is 9.59 Å². The van der Waals surface area contributed by atoms with Crippen LogP contribution in [0.25, 0.3) is 0 Å². The van der Waals surface area contributed by atoms with Gasteiger partial charge >= 0.3 is 27.6 Å². The Labute approximate surface area is 262 Å². The molecule has 0 aliphatic heterocycles. The van der Waals surface area contributed by atoms with Crippen molar-refractivity contribution < 1.29 is 53.8 Å². The van der Waals surface area contributed by atoms with Crippen LogP contribution in [0, 0.1) is 0 Å². The van der Waals surface area contributed by atoms with Gasteiger partial charge in [-0.1, -0.05) is 30.3 Å². The fourth-order valence-electron chi connectivity index (χ4n) is 3.82. The normalized spacial score (nSPS) is 13.1. The lowest BCUT2D eigenvalue weighted by atomic mass is 10.2. The Hall–Kier alpha value is -3.75. The van der Waals surface area contributed by atoms with Crippen LogP contribution in [0.15, 0.2) is 93.5 Å². The Bertz CT molecular complexity index is 1520. The molecule has 14 heteroatoms. The molecule has 45 heavy (non-hydrogen) atoms. The van der Waals surface area contributed by atoms with E-state index in [0.717, 1.165) is 0 Å². The number of carbonyl (C=O) groups is 2. The van der Waals surface area contributed by atoms with Gasteiger partial charge in [-0.2, -0.15) is 25.2 Å². The Morgan fingerprint density at radius 1 is 0.622 bits per heavy atom. The second kappa shape index (κ2) is 13.7. The van der Waals surface area contributed by atoms with Crippen LogP contribution >= 0.6 is 10.3 Å². The summed E-state index contributed by atoms with van der Waals surface area (Å²) < 4.78 is 94.1. The molecule has 0 aromatic heterocycles. The van der Waals surface area contributed by atoms with E-state index in [4.69, 9.17) is 22.6 Å². The molecule has 0 unspecified atom stereocenters. The van der Waals surface area contributed by atoms with Gasteiger partial charge in [0.25, 0.3) is 0 Å². The first kappa shape index (κ1) is 35.7. The molecule has 0 saturated heterocycles. The van der Waals surface area contributed by atoms with Crippen LogP contribution in [-0.4, -0.2) is 50.3 Å². The summed E-state index contributed by atoms with van der Waals surface area (Å²) >= 11 is 0. The maximum atomic E-state index is 13.9. The third-order valence-electron chi connectivity index (χ3n) is 5.38. The highest BCUT2D eigenvalue weighted by atomic mass is 32.3. The van der Waals surface area contributed by atoms with Crippen molar-refractivity contribution in [1.82, 2.24) is 0 Å². The predicted octanol–water partition coefficient (Wildman–Crippen LogP) is 7.19. The average Bonchev–Trinajstić information content (AvgIpc) is 2.92. The van der Waals surface area contributed by atoms with Gasteiger partial charge in [0.2, 0.25) is 0 Å². The van der Waals surface area contributed by atoms with E-state index in [2.05, 4.69) is 0 Å². The van der Waals surface area contributed by atoms with Gasteiger partial charge in [-0.15, -0.1) is 0 Å². The van der Waals surface area contributed by atoms with Crippen molar-refractivity contribution in [2.45, 2.75) is 72.9 Å². The minimum Gasteiger partial charge on any atom is -0.482 e. The molecule has 9 nitrogen and oxygen atoms in total. The van der Waals surface area contributed by atoms with Gasteiger partial charge in [-0.3, -0.25) is 0 Å². The molecule has 0 amide bonds. The van der Waals surface area contributed by atoms with E-state index in [1.54, 1.807) is 47.6 Å². The number of alkyl halides is 3. The summed E-state index contributed by atoms with van der Waals surface area (Å²) in [6.07, 6.45) is 0. The van der Waals surface area contributed by atoms with Crippen LogP contribution in [0.2, 0.25) is 0 Å². The highest BCUT2D eigenvalue weighted by Gasteiger charge is 2.52. The first-order valence-corrected chi connectivity index (χ1v) is 16.5. The summed E-state index contributed by atoms with van der Waals surface area (Å²) in [5.41, 5.74) is -7.34. The Morgan fingerprint density at radius 3 is 1.40 bits per heavy atom. The molecule has 0 atom stereocenters. The Kier molecular flexibility index (Phi) is 10.9. The van der Waals surface area contributed by atoms with Gasteiger partial charge in [0.1, 0.15) is 22.7 Å². The average molecular weight is 673 g/mol. The minimum atomic E-state index is -6.21. The molecular formula is C31H35F3O9S2.